The summed E-state index contributed by atoms with van der Waals surface area (Å²) in [7, 11) is 0. The van der Waals surface area contributed by atoms with E-state index in [0.717, 1.165) is 0 Å². The zero-order chi connectivity index (χ0) is 0. The molecule has 6 nitrogen and oxygen atoms in total. The van der Waals surface area contributed by atoms with Crippen molar-refractivity contribution in [2.75, 3.05) is 0 Å². The first-order valence-corrected chi connectivity index (χ1v) is 0. The van der Waals surface area contributed by atoms with Crippen molar-refractivity contribution in [3.05, 3.63) is 24.6 Å². The van der Waals surface area contributed by atoms with E-state index in [1.807, 2.05) is 0 Å². The summed E-state index contributed by atoms with van der Waals surface area (Å²) in [6.45, 7) is 0. The molecule has 0 aromatic heterocycles. The van der Waals surface area contributed by atoms with Gasteiger partial charge in [-0.15, -0.1) is 0 Å². The summed E-state index contributed by atoms with van der Waals surface area (Å²) in [6, 6.07) is 0. The SMILES string of the molecule is [NH2-].[NH2-].[NH2-].[NH2-].[OH-].[OH-].[Zn+2]. The Balaban J connectivity index is 0. The van der Waals surface area contributed by atoms with Crippen LogP contribution in [0.3, 0.4) is 0 Å². The number of hydrogen-bond donors (Lipinski definition) is 0. The Morgan fingerprint density at radius 3 is 0.429 bits per heavy atom. The fourth-order valence-electron chi connectivity index (χ4n) is 0. The molecule has 0 aromatic carbocycles. The molecule has 7 heteroatoms. The summed E-state index contributed by atoms with van der Waals surface area (Å²) >= 11 is 0. The largest absolute Gasteiger partial charge is 2.00 e. The molecule has 0 radical (unpaired) electrons. The molecule has 0 rings (SSSR count). The second kappa shape index (κ2) is 1260. The van der Waals surface area contributed by atoms with Gasteiger partial charge in [0.1, 0.15) is 0 Å². The summed E-state index contributed by atoms with van der Waals surface area (Å²) < 4.78 is 0. The Bertz CT molecular complexity index is 9.65. The maximum Gasteiger partial charge on any atom is 2.00 e. The van der Waals surface area contributed by atoms with Crippen LogP contribution in [0.1, 0.15) is 0 Å². The zero-order valence-electron chi connectivity index (χ0n) is 3.91. The average molecular weight is 163 g/mol. The minimum absolute atomic E-state index is 0. The number of rotatable bonds is 0. The second-order valence-corrected chi connectivity index (χ2v) is 0. The summed E-state index contributed by atoms with van der Waals surface area (Å²) in [5.41, 5.74) is 0. The molecule has 0 aliphatic carbocycles. The van der Waals surface area contributed by atoms with E-state index in [0.29, 0.717) is 0 Å². The monoisotopic (exact) mass is 162 g/mol. The van der Waals surface area contributed by atoms with Crippen molar-refractivity contribution in [1.29, 1.82) is 0 Å². The van der Waals surface area contributed by atoms with Crippen LogP contribution in [0.15, 0.2) is 0 Å². The van der Waals surface area contributed by atoms with Gasteiger partial charge in [0.2, 0.25) is 0 Å². The average Bonchev–Trinajstić information content (AvgIpc) is 0. The molecule has 0 saturated carbocycles. The quantitative estimate of drug-likeness (QED) is 0.495. The molecule has 0 amide bonds. The molecule has 0 aromatic rings. The van der Waals surface area contributed by atoms with Gasteiger partial charge in [-0.3, -0.25) is 0 Å². The molecular weight excluding hydrogens is 153 g/mol. The Labute approximate surface area is 55.8 Å². The van der Waals surface area contributed by atoms with Crippen LogP contribution in [0.25, 0.3) is 24.6 Å². The van der Waals surface area contributed by atoms with Gasteiger partial charge in [-0.05, 0) is 0 Å². The van der Waals surface area contributed by atoms with Gasteiger partial charge in [-0.2, -0.15) is 0 Å². The fourth-order valence-corrected chi connectivity index (χ4v) is 0. The van der Waals surface area contributed by atoms with E-state index in [4.69, 9.17) is 0 Å². The second-order valence-electron chi connectivity index (χ2n) is 0. The van der Waals surface area contributed by atoms with Crippen molar-refractivity contribution in [2.24, 2.45) is 0 Å². The van der Waals surface area contributed by atoms with E-state index >= 15 is 0 Å². The van der Waals surface area contributed by atoms with Crippen molar-refractivity contribution >= 4 is 0 Å². The molecule has 0 fully saturated rings. The zero-order valence-corrected chi connectivity index (χ0v) is 6.88. The van der Waals surface area contributed by atoms with Gasteiger partial charge in [-0.25, -0.2) is 0 Å². The first-order valence-electron chi connectivity index (χ1n) is 0. The first-order chi connectivity index (χ1) is 0. The van der Waals surface area contributed by atoms with Gasteiger partial charge in [-0.1, -0.05) is 0 Å². The molecule has 0 aliphatic rings. The van der Waals surface area contributed by atoms with E-state index < -0.39 is 0 Å². The van der Waals surface area contributed by atoms with Gasteiger partial charge >= 0.3 is 19.5 Å². The molecule has 7 heavy (non-hydrogen) atoms. The Morgan fingerprint density at radius 2 is 0.429 bits per heavy atom. The molecule has 0 heterocycles. The van der Waals surface area contributed by atoms with Gasteiger partial charge < -0.3 is 35.6 Å². The van der Waals surface area contributed by atoms with Crippen LogP contribution in [0, 0.1) is 0 Å². The van der Waals surface area contributed by atoms with Gasteiger partial charge in [0.25, 0.3) is 0 Å². The maximum absolute atomic E-state index is 0. The molecule has 0 bridgehead atoms. The molecule has 0 spiro atoms. The molecule has 0 unspecified atom stereocenters. The van der Waals surface area contributed by atoms with Crippen LogP contribution < -0.4 is 0 Å². The Hall–Kier alpha value is 0.383. The topological polar surface area (TPSA) is 194 Å². The molecule has 10 N–H and O–H groups in total. The van der Waals surface area contributed by atoms with Gasteiger partial charge in [0.15, 0.2) is 0 Å². The molecule has 0 saturated heterocycles. The van der Waals surface area contributed by atoms with E-state index in [9.17, 15) is 0 Å². The third-order valence-electron chi connectivity index (χ3n) is 0. The summed E-state index contributed by atoms with van der Waals surface area (Å²) in [6.07, 6.45) is 0. The van der Waals surface area contributed by atoms with Gasteiger partial charge in [0.05, 0.1) is 0 Å². The van der Waals surface area contributed by atoms with E-state index in [-0.39, 0.29) is 55.0 Å². The first kappa shape index (κ1) is 2050. The van der Waals surface area contributed by atoms with E-state index in [1.165, 1.54) is 0 Å². The van der Waals surface area contributed by atoms with Crippen LogP contribution in [-0.4, -0.2) is 11.0 Å². The van der Waals surface area contributed by atoms with Crippen molar-refractivity contribution in [1.82, 2.24) is 0 Å². The molecular formula is H10N4O2Zn-4. The van der Waals surface area contributed by atoms with Crippen LogP contribution >= 0.6 is 0 Å². The van der Waals surface area contributed by atoms with Crippen molar-refractivity contribution in [3.63, 3.8) is 0 Å². The predicted molar refractivity (Wildman–Crippen MR) is 25.0 cm³/mol. The smallest absolute Gasteiger partial charge is 0.870 e. The van der Waals surface area contributed by atoms with Crippen LogP contribution in [0.2, 0.25) is 0 Å². The summed E-state index contributed by atoms with van der Waals surface area (Å²) in [5.74, 6) is 0. The third kappa shape index (κ3) is 834. The Morgan fingerprint density at radius 1 is 0.429 bits per heavy atom. The van der Waals surface area contributed by atoms with Crippen LogP contribution in [-0.2, 0) is 19.5 Å². The predicted octanol–water partition coefficient (Wildman–Crippen LogP) is 2.51. The molecule has 0 atom stereocenters. The van der Waals surface area contributed by atoms with Crippen molar-refractivity contribution in [2.45, 2.75) is 0 Å². The standard InChI is InChI=1S/4H2N.2H2O.Zn/h6*1H2;/q4*-1;;;+2/p-2. The van der Waals surface area contributed by atoms with Crippen molar-refractivity contribution in [3.8, 4) is 0 Å². The molecule has 48 valence electrons. The minimum Gasteiger partial charge on any atom is -0.870 e. The molecule has 0 aliphatic heterocycles. The minimum atomic E-state index is 0. The number of nitrogens with two attached hydrogens (primary N) is 4. The van der Waals surface area contributed by atoms with E-state index in [2.05, 4.69) is 0 Å². The van der Waals surface area contributed by atoms with Crippen LogP contribution in [0.5, 0.6) is 0 Å². The summed E-state index contributed by atoms with van der Waals surface area (Å²) in [5, 5.41) is 0. The van der Waals surface area contributed by atoms with E-state index in [1.54, 1.807) is 0 Å². The normalized spacial score (nSPS) is 0. The number of hydrogen-bond acceptors (Lipinski definition) is 2. The van der Waals surface area contributed by atoms with Gasteiger partial charge in [0, 0.05) is 0 Å². The third-order valence-corrected chi connectivity index (χ3v) is 0. The maximum atomic E-state index is 0. The summed E-state index contributed by atoms with van der Waals surface area (Å²) in [4.78, 5) is 0. The fraction of sp³-hybridized carbons (Fsp3) is 0. The van der Waals surface area contributed by atoms with Crippen LogP contribution in [0.4, 0.5) is 0 Å². The van der Waals surface area contributed by atoms with Crippen molar-refractivity contribution < 1.29 is 30.4 Å². The Kier molecular flexibility index (Phi) is 368000.